The molecule has 1 aliphatic rings. The topological polar surface area (TPSA) is 96.8 Å². The number of anilines is 1. The minimum Gasteiger partial charge on any atom is -0.507 e. The third-order valence-corrected chi connectivity index (χ3v) is 6.98. The zero-order chi connectivity index (χ0) is 25.6. The quantitative estimate of drug-likeness (QED) is 0.179. The Morgan fingerprint density at radius 2 is 1.69 bits per heavy atom. The fourth-order valence-corrected chi connectivity index (χ4v) is 5.14. The van der Waals surface area contributed by atoms with Gasteiger partial charge in [0.1, 0.15) is 11.6 Å². The lowest BCUT2D eigenvalue weighted by Gasteiger charge is -2.23. The van der Waals surface area contributed by atoms with Gasteiger partial charge in [-0.3, -0.25) is 14.5 Å². The van der Waals surface area contributed by atoms with Crippen LogP contribution in [-0.2, 0) is 14.3 Å². The van der Waals surface area contributed by atoms with Crippen LogP contribution >= 0.6 is 11.3 Å². The molecule has 1 N–H and O–H groups in total. The number of hydrogen-bond donors (Lipinski definition) is 1. The normalized spacial score (nSPS) is 17.1. The van der Waals surface area contributed by atoms with Crippen LogP contribution in [-0.4, -0.2) is 34.9 Å². The monoisotopic (exact) mass is 502 g/mol. The summed E-state index contributed by atoms with van der Waals surface area (Å²) in [6, 6.07) is 16.1. The third-order valence-electron chi connectivity index (χ3n) is 5.96. The maximum Gasteiger partial charge on any atom is 0.337 e. The molecule has 1 aromatic heterocycles. The summed E-state index contributed by atoms with van der Waals surface area (Å²) in [6.45, 7) is 1.89. The van der Waals surface area contributed by atoms with Gasteiger partial charge in [0, 0.05) is 5.56 Å². The highest BCUT2D eigenvalue weighted by Crippen LogP contribution is 2.44. The molecule has 1 atom stereocenters. The number of fused-ring (bicyclic) bond motifs is 1. The molecule has 3 aromatic carbocycles. The first-order valence-electron chi connectivity index (χ1n) is 10.9. The number of ketones is 1. The van der Waals surface area contributed by atoms with Gasteiger partial charge >= 0.3 is 11.9 Å². The molecule has 9 heteroatoms. The van der Waals surface area contributed by atoms with Crippen molar-refractivity contribution in [2.75, 3.05) is 12.0 Å². The molecule has 1 fully saturated rings. The molecule has 4 aromatic rings. The summed E-state index contributed by atoms with van der Waals surface area (Å²) < 4.78 is 19.0. The first kappa shape index (κ1) is 23.4. The SMILES string of the molecule is COC(=O)c1ccc([C@H]2C(=C(O)c3ccc(C)cc3)C(=O)C(=O)N2c2nc3ccc(F)cc3s2)cc1. The number of aromatic nitrogens is 1. The maximum absolute atomic E-state index is 13.8. The number of aliphatic hydroxyl groups is 1. The number of amides is 1. The Hall–Kier alpha value is -4.37. The number of benzene rings is 3. The molecular formula is C27H19FN2O5S. The molecule has 0 spiro atoms. The van der Waals surface area contributed by atoms with Gasteiger partial charge in [-0.2, -0.15) is 0 Å². The molecule has 1 saturated heterocycles. The van der Waals surface area contributed by atoms with Crippen molar-refractivity contribution in [3.63, 3.8) is 0 Å². The van der Waals surface area contributed by atoms with E-state index in [9.17, 15) is 23.9 Å². The van der Waals surface area contributed by atoms with Crippen molar-refractivity contribution in [3.05, 3.63) is 100 Å². The molecule has 0 bridgehead atoms. The second-order valence-electron chi connectivity index (χ2n) is 8.26. The molecule has 36 heavy (non-hydrogen) atoms. The highest BCUT2D eigenvalue weighted by Gasteiger charge is 2.48. The standard InChI is InChI=1S/C27H19FN2O5S/c1-14-3-5-16(6-4-14)23(31)21-22(15-7-9-17(10-8-15)26(34)35-2)30(25(33)24(21)32)27-29-19-12-11-18(28)13-20(19)36-27/h3-13,22,31H,1-2H3/t22-/m0/s1. The lowest BCUT2D eigenvalue weighted by molar-refractivity contribution is -0.132. The van der Waals surface area contributed by atoms with Crippen molar-refractivity contribution in [2.24, 2.45) is 0 Å². The summed E-state index contributed by atoms with van der Waals surface area (Å²) in [5.41, 5.74) is 2.45. The predicted octanol–water partition coefficient (Wildman–Crippen LogP) is 5.16. The van der Waals surface area contributed by atoms with Crippen LogP contribution < -0.4 is 4.90 Å². The fourth-order valence-electron chi connectivity index (χ4n) is 4.12. The average Bonchev–Trinajstić information content (AvgIpc) is 3.41. The van der Waals surface area contributed by atoms with Gasteiger partial charge in [-0.25, -0.2) is 14.2 Å². The zero-order valence-corrected chi connectivity index (χ0v) is 20.0. The Morgan fingerprint density at radius 3 is 2.36 bits per heavy atom. The second kappa shape index (κ2) is 9.01. The number of aryl methyl sites for hydroxylation is 1. The van der Waals surface area contributed by atoms with Crippen molar-refractivity contribution >= 4 is 50.1 Å². The van der Waals surface area contributed by atoms with Gasteiger partial charge in [-0.15, -0.1) is 0 Å². The van der Waals surface area contributed by atoms with E-state index in [1.165, 1.54) is 42.3 Å². The van der Waals surface area contributed by atoms with E-state index < -0.39 is 29.5 Å². The number of carbonyl (C=O) groups is 3. The van der Waals surface area contributed by atoms with Crippen LogP contribution in [0.25, 0.3) is 16.0 Å². The molecule has 0 saturated carbocycles. The van der Waals surface area contributed by atoms with Gasteiger partial charge in [0.2, 0.25) is 0 Å². The molecule has 1 aliphatic heterocycles. The first-order chi connectivity index (χ1) is 17.3. The van der Waals surface area contributed by atoms with Crippen molar-refractivity contribution in [3.8, 4) is 0 Å². The number of thiazole rings is 1. The Bertz CT molecular complexity index is 1560. The highest BCUT2D eigenvalue weighted by molar-refractivity contribution is 7.22. The number of ether oxygens (including phenoxy) is 1. The lowest BCUT2D eigenvalue weighted by atomic mass is 9.94. The van der Waals surface area contributed by atoms with Crippen molar-refractivity contribution < 1.29 is 28.6 Å². The Balaban J connectivity index is 1.70. The van der Waals surface area contributed by atoms with Crippen molar-refractivity contribution in [1.82, 2.24) is 4.98 Å². The number of hydrogen-bond acceptors (Lipinski definition) is 7. The van der Waals surface area contributed by atoms with E-state index in [0.29, 0.717) is 21.3 Å². The minimum atomic E-state index is -1.02. The summed E-state index contributed by atoms with van der Waals surface area (Å²) in [5.74, 6) is -3.06. The maximum atomic E-state index is 13.8. The second-order valence-corrected chi connectivity index (χ2v) is 9.27. The molecule has 5 rings (SSSR count). The van der Waals surface area contributed by atoms with E-state index in [-0.39, 0.29) is 22.0 Å². The van der Waals surface area contributed by atoms with Crippen LogP contribution in [0.3, 0.4) is 0 Å². The predicted molar refractivity (Wildman–Crippen MR) is 133 cm³/mol. The summed E-state index contributed by atoms with van der Waals surface area (Å²) in [6.07, 6.45) is 0. The number of esters is 1. The van der Waals surface area contributed by atoms with Gasteiger partial charge in [-0.05, 0) is 42.8 Å². The van der Waals surface area contributed by atoms with Crippen LogP contribution in [0.15, 0.2) is 72.3 Å². The van der Waals surface area contributed by atoms with E-state index >= 15 is 0 Å². The van der Waals surface area contributed by atoms with Crippen molar-refractivity contribution in [1.29, 1.82) is 0 Å². The summed E-state index contributed by atoms with van der Waals surface area (Å²) in [4.78, 5) is 44.2. The van der Waals surface area contributed by atoms with Crippen molar-refractivity contribution in [2.45, 2.75) is 13.0 Å². The molecule has 0 aliphatic carbocycles. The van der Waals surface area contributed by atoms with Gasteiger partial charge in [0.25, 0.3) is 5.78 Å². The number of aliphatic hydroxyl groups excluding tert-OH is 1. The fraction of sp³-hybridized carbons (Fsp3) is 0.111. The van der Waals surface area contributed by atoms with Crippen LogP contribution in [0.2, 0.25) is 0 Å². The summed E-state index contributed by atoms with van der Waals surface area (Å²) >= 11 is 1.06. The van der Waals surface area contributed by atoms with Gasteiger partial charge in [0.05, 0.1) is 34.5 Å². The van der Waals surface area contributed by atoms with Gasteiger partial charge in [0.15, 0.2) is 5.13 Å². The number of rotatable bonds is 4. The highest BCUT2D eigenvalue weighted by atomic mass is 32.1. The van der Waals surface area contributed by atoms with Crippen LogP contribution in [0.1, 0.15) is 33.1 Å². The molecule has 180 valence electrons. The minimum absolute atomic E-state index is 0.111. The van der Waals surface area contributed by atoms with E-state index in [1.54, 1.807) is 36.4 Å². The zero-order valence-electron chi connectivity index (χ0n) is 19.2. The molecule has 0 radical (unpaired) electrons. The van der Waals surface area contributed by atoms with Gasteiger partial charge in [-0.1, -0.05) is 53.3 Å². The Labute approximate surface area is 209 Å². The summed E-state index contributed by atoms with van der Waals surface area (Å²) in [7, 11) is 1.27. The van der Waals surface area contributed by atoms with E-state index in [0.717, 1.165) is 16.9 Å². The van der Waals surface area contributed by atoms with E-state index in [1.807, 2.05) is 6.92 Å². The first-order valence-corrected chi connectivity index (χ1v) is 11.7. The number of Topliss-reactive ketones (excluding diaryl/α,β-unsaturated/α-hetero) is 1. The van der Waals surface area contributed by atoms with Crippen LogP contribution in [0, 0.1) is 12.7 Å². The van der Waals surface area contributed by atoms with Crippen LogP contribution in [0.5, 0.6) is 0 Å². The molecule has 2 heterocycles. The third kappa shape index (κ3) is 3.93. The summed E-state index contributed by atoms with van der Waals surface area (Å²) in [5, 5.41) is 11.4. The smallest absolute Gasteiger partial charge is 0.337 e. The number of methoxy groups -OCH3 is 1. The number of halogens is 1. The lowest BCUT2D eigenvalue weighted by Crippen LogP contribution is -2.29. The van der Waals surface area contributed by atoms with E-state index in [4.69, 9.17) is 4.74 Å². The molecule has 7 nitrogen and oxygen atoms in total. The average molecular weight is 503 g/mol. The van der Waals surface area contributed by atoms with Gasteiger partial charge < -0.3 is 9.84 Å². The largest absolute Gasteiger partial charge is 0.507 e. The molecule has 0 unspecified atom stereocenters. The number of nitrogens with zero attached hydrogens (tertiary/aromatic N) is 2. The molecular weight excluding hydrogens is 483 g/mol. The number of carbonyl (C=O) groups excluding carboxylic acids is 3. The molecule has 1 amide bonds. The Kier molecular flexibility index (Phi) is 5.85. The van der Waals surface area contributed by atoms with E-state index in [2.05, 4.69) is 4.98 Å². The Morgan fingerprint density at radius 1 is 1.03 bits per heavy atom. The van der Waals surface area contributed by atoms with Crippen LogP contribution in [0.4, 0.5) is 9.52 Å².